The summed E-state index contributed by atoms with van der Waals surface area (Å²) < 4.78 is 12.7. The van der Waals surface area contributed by atoms with Gasteiger partial charge in [-0.05, 0) is 25.5 Å². The van der Waals surface area contributed by atoms with Gasteiger partial charge in [-0.3, -0.25) is 4.79 Å². The van der Waals surface area contributed by atoms with E-state index in [1.807, 2.05) is 18.3 Å². The number of hydrogen-bond acceptors (Lipinski definition) is 6. The number of hydrogen-bond donors (Lipinski definition) is 0. The SMILES string of the molecule is Cc1ncoc1C(=O)N1CCOC[C@H](Cc2ccc3nccn3n2)C1. The molecule has 1 aliphatic rings. The number of amides is 1. The fourth-order valence-corrected chi connectivity index (χ4v) is 3.10. The first-order valence-corrected chi connectivity index (χ1v) is 8.27. The van der Waals surface area contributed by atoms with Gasteiger partial charge in [0.15, 0.2) is 12.0 Å². The highest BCUT2D eigenvalue weighted by Crippen LogP contribution is 2.16. The Morgan fingerprint density at radius 1 is 1.36 bits per heavy atom. The van der Waals surface area contributed by atoms with Crippen molar-refractivity contribution < 1.29 is 13.9 Å². The van der Waals surface area contributed by atoms with E-state index in [2.05, 4.69) is 15.1 Å². The summed E-state index contributed by atoms with van der Waals surface area (Å²) in [6.45, 7) is 4.03. The minimum Gasteiger partial charge on any atom is -0.438 e. The molecule has 0 aromatic carbocycles. The van der Waals surface area contributed by atoms with E-state index in [9.17, 15) is 4.79 Å². The summed E-state index contributed by atoms with van der Waals surface area (Å²) in [4.78, 5) is 22.7. The van der Waals surface area contributed by atoms with Crippen molar-refractivity contribution in [2.24, 2.45) is 5.92 Å². The summed E-state index contributed by atoms with van der Waals surface area (Å²) in [5, 5.41) is 4.56. The lowest BCUT2D eigenvalue weighted by molar-refractivity contribution is 0.0704. The number of nitrogens with zero attached hydrogens (tertiary/aromatic N) is 5. The van der Waals surface area contributed by atoms with E-state index in [1.165, 1.54) is 6.39 Å². The normalized spacial score (nSPS) is 18.4. The van der Waals surface area contributed by atoms with Crippen molar-refractivity contribution in [1.29, 1.82) is 0 Å². The Morgan fingerprint density at radius 2 is 2.28 bits per heavy atom. The lowest BCUT2D eigenvalue weighted by Gasteiger charge is -2.22. The number of carbonyl (C=O) groups excluding carboxylic acids is 1. The summed E-state index contributed by atoms with van der Waals surface area (Å²) in [5.41, 5.74) is 2.38. The van der Waals surface area contributed by atoms with Gasteiger partial charge in [0.05, 0.1) is 24.6 Å². The molecular weight excluding hydrogens is 322 g/mol. The maximum atomic E-state index is 12.7. The number of carbonyl (C=O) groups is 1. The smallest absolute Gasteiger partial charge is 0.291 e. The fourth-order valence-electron chi connectivity index (χ4n) is 3.10. The lowest BCUT2D eigenvalue weighted by Crippen LogP contribution is -2.36. The van der Waals surface area contributed by atoms with Crippen LogP contribution in [0, 0.1) is 12.8 Å². The van der Waals surface area contributed by atoms with Crippen molar-refractivity contribution in [3.63, 3.8) is 0 Å². The second-order valence-electron chi connectivity index (χ2n) is 6.22. The number of fused-ring (bicyclic) bond motifs is 1. The van der Waals surface area contributed by atoms with Crippen LogP contribution in [0.15, 0.2) is 35.3 Å². The van der Waals surface area contributed by atoms with Crippen LogP contribution in [0.1, 0.15) is 21.9 Å². The molecule has 1 fully saturated rings. The molecule has 8 heteroatoms. The molecular formula is C17H19N5O3. The van der Waals surface area contributed by atoms with Gasteiger partial charge in [0.25, 0.3) is 5.91 Å². The third kappa shape index (κ3) is 3.25. The predicted molar refractivity (Wildman–Crippen MR) is 88.1 cm³/mol. The summed E-state index contributed by atoms with van der Waals surface area (Å²) in [5.74, 6) is 0.338. The number of ether oxygens (including phenoxy) is 1. The Hall–Kier alpha value is -2.74. The minimum absolute atomic E-state index is 0.136. The van der Waals surface area contributed by atoms with Gasteiger partial charge >= 0.3 is 0 Å². The summed E-state index contributed by atoms with van der Waals surface area (Å²) in [7, 11) is 0. The second kappa shape index (κ2) is 6.64. The standard InChI is InChI=1S/C17H19N5O3/c1-12-16(25-11-19-12)17(23)21-6-7-24-10-13(9-21)8-14-2-3-15-18-4-5-22(15)20-14/h2-5,11,13H,6-10H2,1H3/t13-/m1/s1. The summed E-state index contributed by atoms with van der Waals surface area (Å²) in [6.07, 6.45) is 5.58. The third-order valence-electron chi connectivity index (χ3n) is 4.37. The van der Waals surface area contributed by atoms with Crippen molar-refractivity contribution in [3.8, 4) is 0 Å². The Bertz CT molecular complexity index is 887. The van der Waals surface area contributed by atoms with Gasteiger partial charge < -0.3 is 14.1 Å². The largest absolute Gasteiger partial charge is 0.438 e. The Morgan fingerprint density at radius 3 is 3.12 bits per heavy atom. The number of rotatable bonds is 3. The zero-order chi connectivity index (χ0) is 17.2. The van der Waals surface area contributed by atoms with E-state index < -0.39 is 0 Å². The molecule has 1 aliphatic heterocycles. The second-order valence-corrected chi connectivity index (χ2v) is 6.22. The van der Waals surface area contributed by atoms with Crippen molar-refractivity contribution in [1.82, 2.24) is 24.5 Å². The lowest BCUT2D eigenvalue weighted by atomic mass is 10.0. The Labute approximate surface area is 144 Å². The van der Waals surface area contributed by atoms with Gasteiger partial charge in [-0.15, -0.1) is 0 Å². The van der Waals surface area contributed by atoms with Gasteiger partial charge in [-0.1, -0.05) is 0 Å². The summed E-state index contributed by atoms with van der Waals surface area (Å²) in [6, 6.07) is 3.92. The molecule has 3 aromatic rings. The maximum absolute atomic E-state index is 12.7. The molecule has 0 N–H and O–H groups in total. The highest BCUT2D eigenvalue weighted by atomic mass is 16.5. The van der Waals surface area contributed by atoms with E-state index in [0.717, 1.165) is 17.8 Å². The fraction of sp³-hybridized carbons (Fsp3) is 0.412. The molecule has 130 valence electrons. The molecule has 0 bridgehead atoms. The molecule has 0 radical (unpaired) electrons. The van der Waals surface area contributed by atoms with E-state index in [4.69, 9.17) is 9.15 Å². The quantitative estimate of drug-likeness (QED) is 0.715. The van der Waals surface area contributed by atoms with Gasteiger partial charge in [0.2, 0.25) is 5.76 Å². The van der Waals surface area contributed by atoms with Crippen LogP contribution >= 0.6 is 0 Å². The van der Waals surface area contributed by atoms with Crippen molar-refractivity contribution in [3.05, 3.63) is 48.1 Å². The molecule has 8 nitrogen and oxygen atoms in total. The zero-order valence-electron chi connectivity index (χ0n) is 14.0. The van der Waals surface area contributed by atoms with Gasteiger partial charge in [-0.2, -0.15) is 5.10 Å². The number of imidazole rings is 1. The molecule has 1 atom stereocenters. The van der Waals surface area contributed by atoms with Crippen molar-refractivity contribution in [2.45, 2.75) is 13.3 Å². The van der Waals surface area contributed by atoms with E-state index in [1.54, 1.807) is 22.5 Å². The molecule has 25 heavy (non-hydrogen) atoms. The predicted octanol–water partition coefficient (Wildman–Crippen LogP) is 1.36. The van der Waals surface area contributed by atoms with Crippen LogP contribution in [0.3, 0.4) is 0 Å². The average Bonchev–Trinajstić information content (AvgIpc) is 3.18. The third-order valence-corrected chi connectivity index (χ3v) is 4.37. The number of aryl methyl sites for hydroxylation is 1. The van der Waals surface area contributed by atoms with Crippen LogP contribution in [0.4, 0.5) is 0 Å². The van der Waals surface area contributed by atoms with Crippen LogP contribution in [-0.4, -0.2) is 56.7 Å². The minimum atomic E-state index is -0.136. The average molecular weight is 341 g/mol. The van der Waals surface area contributed by atoms with Crippen LogP contribution in [0.2, 0.25) is 0 Å². The van der Waals surface area contributed by atoms with Gasteiger partial charge in [-0.25, -0.2) is 14.5 Å². The first-order valence-electron chi connectivity index (χ1n) is 8.27. The Kier molecular flexibility index (Phi) is 4.19. The molecule has 1 saturated heterocycles. The highest BCUT2D eigenvalue weighted by Gasteiger charge is 2.27. The van der Waals surface area contributed by atoms with Crippen LogP contribution in [-0.2, 0) is 11.2 Å². The zero-order valence-corrected chi connectivity index (χ0v) is 14.0. The summed E-state index contributed by atoms with van der Waals surface area (Å²) >= 11 is 0. The Balaban J connectivity index is 1.49. The number of oxazole rings is 1. The van der Waals surface area contributed by atoms with Gasteiger partial charge in [0, 0.05) is 31.4 Å². The topological polar surface area (TPSA) is 85.8 Å². The van der Waals surface area contributed by atoms with Crippen molar-refractivity contribution in [2.75, 3.05) is 26.3 Å². The van der Waals surface area contributed by atoms with E-state index in [-0.39, 0.29) is 11.8 Å². The molecule has 0 spiro atoms. The van der Waals surface area contributed by atoms with Crippen LogP contribution < -0.4 is 0 Å². The van der Waals surface area contributed by atoms with Crippen LogP contribution in [0.25, 0.3) is 5.65 Å². The van der Waals surface area contributed by atoms with Crippen LogP contribution in [0.5, 0.6) is 0 Å². The molecule has 0 aliphatic carbocycles. The molecule has 3 aromatic heterocycles. The first kappa shape index (κ1) is 15.8. The van der Waals surface area contributed by atoms with Crippen molar-refractivity contribution >= 4 is 11.6 Å². The monoisotopic (exact) mass is 341 g/mol. The van der Waals surface area contributed by atoms with Gasteiger partial charge in [0.1, 0.15) is 0 Å². The van der Waals surface area contributed by atoms with E-state index >= 15 is 0 Å². The van der Waals surface area contributed by atoms with E-state index in [0.29, 0.717) is 37.8 Å². The molecule has 0 saturated carbocycles. The first-order chi connectivity index (χ1) is 12.2. The molecule has 0 unspecified atom stereocenters. The number of aromatic nitrogens is 4. The molecule has 1 amide bonds. The molecule has 4 rings (SSSR count). The molecule has 4 heterocycles. The maximum Gasteiger partial charge on any atom is 0.291 e. The highest BCUT2D eigenvalue weighted by molar-refractivity contribution is 5.92.